The maximum absolute atomic E-state index is 5.96. The van der Waals surface area contributed by atoms with Crippen LogP contribution in [0.3, 0.4) is 0 Å². The fourth-order valence-electron chi connectivity index (χ4n) is 3.84. The van der Waals surface area contributed by atoms with Gasteiger partial charge in [0.05, 0.1) is 6.61 Å². The van der Waals surface area contributed by atoms with Crippen LogP contribution in [0.2, 0.25) is 5.28 Å². The minimum Gasteiger partial charge on any atom is -0.493 e. The van der Waals surface area contributed by atoms with Crippen molar-refractivity contribution in [3.8, 4) is 5.75 Å². The van der Waals surface area contributed by atoms with Gasteiger partial charge in [0.1, 0.15) is 11.6 Å². The third kappa shape index (κ3) is 4.05. The number of para-hydroxylation sites is 1. The van der Waals surface area contributed by atoms with Crippen LogP contribution in [0.15, 0.2) is 42.6 Å². The van der Waals surface area contributed by atoms with E-state index in [0.717, 1.165) is 44.4 Å². The smallest absolute Gasteiger partial charge is 0.224 e. The first kappa shape index (κ1) is 16.6. The summed E-state index contributed by atoms with van der Waals surface area (Å²) in [6, 6.07) is 12.6. The van der Waals surface area contributed by atoms with E-state index in [4.69, 9.17) is 16.3 Å². The van der Waals surface area contributed by atoms with Crippen LogP contribution in [-0.2, 0) is 0 Å². The number of piperidine rings is 1. The average molecular weight is 359 g/mol. The second kappa shape index (κ2) is 7.58. The van der Waals surface area contributed by atoms with Crippen LogP contribution in [0.25, 0.3) is 0 Å². The summed E-state index contributed by atoms with van der Waals surface area (Å²) in [5.41, 5.74) is 0. The molecule has 0 aliphatic carbocycles. The van der Waals surface area contributed by atoms with Gasteiger partial charge in [-0.25, -0.2) is 9.97 Å². The van der Waals surface area contributed by atoms with Gasteiger partial charge in [0.2, 0.25) is 5.28 Å². The molecule has 2 fully saturated rings. The van der Waals surface area contributed by atoms with Gasteiger partial charge in [-0.3, -0.25) is 4.90 Å². The lowest BCUT2D eigenvalue weighted by molar-refractivity contribution is 0.0727. The Hall–Kier alpha value is -1.85. The van der Waals surface area contributed by atoms with Gasteiger partial charge in [0.15, 0.2) is 0 Å². The summed E-state index contributed by atoms with van der Waals surface area (Å²) in [7, 11) is 0. The number of halogens is 1. The second-order valence-electron chi connectivity index (χ2n) is 6.85. The van der Waals surface area contributed by atoms with E-state index >= 15 is 0 Å². The van der Waals surface area contributed by atoms with Crippen LogP contribution in [-0.4, -0.2) is 53.7 Å². The van der Waals surface area contributed by atoms with Gasteiger partial charge in [-0.05, 0) is 42.6 Å². The number of anilines is 1. The summed E-state index contributed by atoms with van der Waals surface area (Å²) >= 11 is 5.93. The molecule has 2 aliphatic rings. The molecular weight excluding hydrogens is 336 g/mol. The van der Waals surface area contributed by atoms with E-state index in [1.807, 2.05) is 36.4 Å². The molecule has 2 aromatic rings. The molecule has 25 heavy (non-hydrogen) atoms. The van der Waals surface area contributed by atoms with Gasteiger partial charge in [0.25, 0.3) is 0 Å². The maximum atomic E-state index is 5.96. The molecule has 132 valence electrons. The summed E-state index contributed by atoms with van der Waals surface area (Å²) in [6.07, 6.45) is 4.15. The second-order valence-corrected chi connectivity index (χ2v) is 7.18. The number of hydrogen-bond donors (Lipinski definition) is 0. The van der Waals surface area contributed by atoms with E-state index in [-0.39, 0.29) is 0 Å². The average Bonchev–Trinajstić information content (AvgIpc) is 2.66. The molecule has 0 amide bonds. The monoisotopic (exact) mass is 358 g/mol. The first-order chi connectivity index (χ1) is 12.3. The van der Waals surface area contributed by atoms with Crippen molar-refractivity contribution in [1.82, 2.24) is 14.9 Å². The number of rotatable bonds is 4. The Kier molecular flexibility index (Phi) is 5.04. The molecule has 0 bridgehead atoms. The predicted molar refractivity (Wildman–Crippen MR) is 99.3 cm³/mol. The van der Waals surface area contributed by atoms with Crippen LogP contribution < -0.4 is 9.64 Å². The maximum Gasteiger partial charge on any atom is 0.224 e. The lowest BCUT2D eigenvalue weighted by Crippen LogP contribution is -2.57. The molecule has 0 N–H and O–H groups in total. The molecule has 4 rings (SSSR count). The van der Waals surface area contributed by atoms with E-state index in [1.165, 1.54) is 12.8 Å². The van der Waals surface area contributed by atoms with Crippen molar-refractivity contribution in [1.29, 1.82) is 0 Å². The molecule has 5 nitrogen and oxygen atoms in total. The van der Waals surface area contributed by atoms with E-state index in [1.54, 1.807) is 6.20 Å². The third-order valence-electron chi connectivity index (χ3n) is 5.17. The van der Waals surface area contributed by atoms with Gasteiger partial charge < -0.3 is 9.64 Å². The van der Waals surface area contributed by atoms with Crippen molar-refractivity contribution in [2.75, 3.05) is 37.7 Å². The molecule has 1 aromatic heterocycles. The first-order valence-corrected chi connectivity index (χ1v) is 9.31. The third-order valence-corrected chi connectivity index (χ3v) is 5.35. The highest BCUT2D eigenvalue weighted by atomic mass is 35.5. The highest BCUT2D eigenvalue weighted by molar-refractivity contribution is 6.28. The van der Waals surface area contributed by atoms with Gasteiger partial charge in [-0.1, -0.05) is 18.2 Å². The van der Waals surface area contributed by atoms with E-state index in [0.29, 0.717) is 17.2 Å². The van der Waals surface area contributed by atoms with E-state index in [9.17, 15) is 0 Å². The summed E-state index contributed by atoms with van der Waals surface area (Å²) in [4.78, 5) is 13.3. The summed E-state index contributed by atoms with van der Waals surface area (Å²) in [5, 5.41) is 0.321. The highest BCUT2D eigenvalue weighted by Gasteiger charge is 2.33. The van der Waals surface area contributed by atoms with Gasteiger partial charge >= 0.3 is 0 Å². The molecule has 2 saturated heterocycles. The lowest BCUT2D eigenvalue weighted by atomic mass is 9.91. The van der Waals surface area contributed by atoms with Crippen molar-refractivity contribution in [2.24, 2.45) is 5.92 Å². The van der Waals surface area contributed by atoms with Crippen molar-refractivity contribution in [3.63, 3.8) is 0 Å². The van der Waals surface area contributed by atoms with Crippen LogP contribution >= 0.6 is 11.6 Å². The standard InChI is InChI=1S/C19H23ClN4O/c20-19-21-9-8-18(22-19)24-11-10-23-12-15(6-7-16(23)13-24)14-25-17-4-2-1-3-5-17/h1-5,8-9,15-16H,6-7,10-14H2/t15-,16+/m1/s1. The summed E-state index contributed by atoms with van der Waals surface area (Å²) in [6.45, 7) is 4.98. The minimum atomic E-state index is 0.321. The Labute approximate surface area is 153 Å². The first-order valence-electron chi connectivity index (χ1n) is 8.93. The van der Waals surface area contributed by atoms with E-state index < -0.39 is 0 Å². The SMILES string of the molecule is Clc1nccc(N2CCN3C[C@H](COc4ccccc4)CC[C@H]3C2)n1. The van der Waals surface area contributed by atoms with Gasteiger partial charge in [-0.15, -0.1) is 0 Å². The fourth-order valence-corrected chi connectivity index (χ4v) is 3.98. The minimum absolute atomic E-state index is 0.321. The molecule has 0 saturated carbocycles. The van der Waals surface area contributed by atoms with E-state index in [2.05, 4.69) is 19.8 Å². The summed E-state index contributed by atoms with van der Waals surface area (Å²) < 4.78 is 5.96. The Morgan fingerprint density at radius 1 is 1.08 bits per heavy atom. The zero-order valence-corrected chi connectivity index (χ0v) is 15.0. The van der Waals surface area contributed by atoms with Crippen LogP contribution in [0.5, 0.6) is 5.75 Å². The number of ether oxygens (including phenoxy) is 1. The Morgan fingerprint density at radius 2 is 1.96 bits per heavy atom. The van der Waals surface area contributed by atoms with Crippen LogP contribution in [0.4, 0.5) is 5.82 Å². The quantitative estimate of drug-likeness (QED) is 0.785. The van der Waals surface area contributed by atoms with Crippen molar-refractivity contribution in [3.05, 3.63) is 47.9 Å². The number of piperazine rings is 1. The molecule has 2 atom stereocenters. The molecule has 0 radical (unpaired) electrons. The Balaban J connectivity index is 1.31. The fraction of sp³-hybridized carbons (Fsp3) is 0.474. The van der Waals surface area contributed by atoms with Crippen LogP contribution in [0, 0.1) is 5.92 Å². The Morgan fingerprint density at radius 3 is 2.80 bits per heavy atom. The number of hydrogen-bond acceptors (Lipinski definition) is 5. The van der Waals surface area contributed by atoms with Gasteiger partial charge in [0, 0.05) is 44.3 Å². The van der Waals surface area contributed by atoms with Crippen molar-refractivity contribution in [2.45, 2.75) is 18.9 Å². The molecular formula is C19H23ClN4O. The zero-order valence-electron chi connectivity index (χ0n) is 14.2. The molecule has 6 heteroatoms. The van der Waals surface area contributed by atoms with Crippen molar-refractivity contribution < 1.29 is 4.74 Å². The Bertz CT molecular complexity index is 699. The number of fused-ring (bicyclic) bond motifs is 1. The number of nitrogens with zero attached hydrogens (tertiary/aromatic N) is 4. The normalized spacial score (nSPS) is 24.0. The van der Waals surface area contributed by atoms with Crippen LogP contribution in [0.1, 0.15) is 12.8 Å². The molecule has 3 heterocycles. The highest BCUT2D eigenvalue weighted by Crippen LogP contribution is 2.27. The zero-order chi connectivity index (χ0) is 17.1. The van der Waals surface area contributed by atoms with Crippen molar-refractivity contribution >= 4 is 17.4 Å². The topological polar surface area (TPSA) is 41.5 Å². The molecule has 0 spiro atoms. The molecule has 1 aromatic carbocycles. The lowest BCUT2D eigenvalue weighted by Gasteiger charge is -2.46. The molecule has 0 unspecified atom stereocenters. The summed E-state index contributed by atoms with van der Waals surface area (Å²) in [5.74, 6) is 2.51. The number of benzene rings is 1. The molecule has 2 aliphatic heterocycles. The van der Waals surface area contributed by atoms with Gasteiger partial charge in [-0.2, -0.15) is 0 Å². The predicted octanol–water partition coefficient (Wildman–Crippen LogP) is 3.11. The largest absolute Gasteiger partial charge is 0.493 e. The number of aromatic nitrogens is 2.